The fourth-order valence-corrected chi connectivity index (χ4v) is 2.92. The van der Waals surface area contributed by atoms with Crippen LogP contribution in [0.1, 0.15) is 24.8 Å². The summed E-state index contributed by atoms with van der Waals surface area (Å²) in [7, 11) is 0. The fraction of sp³-hybridized carbons (Fsp3) is 0.500. The SMILES string of the molecule is NC(=O)CC1(O)CCCN(Cc2cccc(Cl)c2F)C1. The van der Waals surface area contributed by atoms with Crippen molar-refractivity contribution in [2.45, 2.75) is 31.4 Å². The Hall–Kier alpha value is -1.17. The number of amides is 1. The van der Waals surface area contributed by atoms with E-state index in [1.54, 1.807) is 12.1 Å². The molecule has 20 heavy (non-hydrogen) atoms. The average Bonchev–Trinajstić information content (AvgIpc) is 2.33. The number of piperidine rings is 1. The number of likely N-dealkylation sites (tertiary alicyclic amines) is 1. The molecule has 1 saturated heterocycles. The van der Waals surface area contributed by atoms with Gasteiger partial charge < -0.3 is 10.8 Å². The van der Waals surface area contributed by atoms with Crippen LogP contribution < -0.4 is 5.73 Å². The molecule has 0 radical (unpaired) electrons. The highest BCUT2D eigenvalue weighted by atomic mass is 35.5. The maximum Gasteiger partial charge on any atom is 0.220 e. The highest BCUT2D eigenvalue weighted by Crippen LogP contribution is 2.26. The number of β-amino-alcohol motifs (C(OH)–C–C–N with tert-alkyl or cyclic N) is 1. The van der Waals surface area contributed by atoms with E-state index in [2.05, 4.69) is 0 Å². The molecule has 1 heterocycles. The molecule has 2 rings (SSSR count). The summed E-state index contributed by atoms with van der Waals surface area (Å²) in [6, 6.07) is 4.86. The van der Waals surface area contributed by atoms with Crippen molar-refractivity contribution < 1.29 is 14.3 Å². The van der Waals surface area contributed by atoms with Crippen molar-refractivity contribution in [2.75, 3.05) is 13.1 Å². The smallest absolute Gasteiger partial charge is 0.220 e. The van der Waals surface area contributed by atoms with E-state index >= 15 is 0 Å². The number of halogens is 2. The van der Waals surface area contributed by atoms with Crippen LogP contribution in [-0.2, 0) is 11.3 Å². The number of nitrogens with zero attached hydrogens (tertiary/aromatic N) is 1. The first-order valence-corrected chi connectivity index (χ1v) is 6.93. The molecule has 0 bridgehead atoms. The van der Waals surface area contributed by atoms with Gasteiger partial charge in [-0.1, -0.05) is 23.7 Å². The first-order valence-electron chi connectivity index (χ1n) is 6.55. The number of carbonyl (C=O) groups is 1. The zero-order chi connectivity index (χ0) is 14.8. The Morgan fingerprint density at radius 2 is 2.30 bits per heavy atom. The van der Waals surface area contributed by atoms with E-state index in [0.717, 1.165) is 13.0 Å². The quantitative estimate of drug-likeness (QED) is 0.889. The van der Waals surface area contributed by atoms with Crippen LogP contribution in [-0.4, -0.2) is 34.6 Å². The van der Waals surface area contributed by atoms with E-state index in [1.807, 2.05) is 4.90 Å². The van der Waals surface area contributed by atoms with Gasteiger partial charge in [0.25, 0.3) is 0 Å². The van der Waals surface area contributed by atoms with Crippen LogP contribution in [0.2, 0.25) is 5.02 Å². The number of rotatable bonds is 4. The summed E-state index contributed by atoms with van der Waals surface area (Å²) in [4.78, 5) is 12.9. The third kappa shape index (κ3) is 3.69. The van der Waals surface area contributed by atoms with E-state index in [-0.39, 0.29) is 11.4 Å². The standard InChI is InChI=1S/C14H18ClFN2O2/c15-11-4-1-3-10(13(11)16)8-18-6-2-5-14(20,9-18)7-12(17)19/h1,3-4,20H,2,5-9H2,(H2,17,19). The number of hydrogen-bond acceptors (Lipinski definition) is 3. The molecule has 1 unspecified atom stereocenters. The number of aliphatic hydroxyl groups is 1. The monoisotopic (exact) mass is 300 g/mol. The lowest BCUT2D eigenvalue weighted by Gasteiger charge is -2.38. The van der Waals surface area contributed by atoms with Crippen LogP contribution in [0.4, 0.5) is 4.39 Å². The molecule has 110 valence electrons. The van der Waals surface area contributed by atoms with E-state index < -0.39 is 17.3 Å². The van der Waals surface area contributed by atoms with Gasteiger partial charge in [0.05, 0.1) is 17.0 Å². The van der Waals surface area contributed by atoms with Gasteiger partial charge >= 0.3 is 0 Å². The van der Waals surface area contributed by atoms with Gasteiger partial charge in [-0.2, -0.15) is 0 Å². The van der Waals surface area contributed by atoms with Gasteiger partial charge in [0.2, 0.25) is 5.91 Å². The molecule has 1 aromatic rings. The summed E-state index contributed by atoms with van der Waals surface area (Å²) in [5, 5.41) is 10.4. The molecule has 6 heteroatoms. The van der Waals surface area contributed by atoms with Crippen molar-refractivity contribution in [3.8, 4) is 0 Å². The topological polar surface area (TPSA) is 66.6 Å². The highest BCUT2D eigenvalue weighted by molar-refractivity contribution is 6.30. The molecular weight excluding hydrogens is 283 g/mol. The van der Waals surface area contributed by atoms with Gasteiger partial charge in [-0.15, -0.1) is 0 Å². The first-order chi connectivity index (χ1) is 9.39. The number of carbonyl (C=O) groups excluding carboxylic acids is 1. The molecule has 0 aliphatic carbocycles. The Labute approximate surface area is 122 Å². The molecule has 1 aliphatic rings. The van der Waals surface area contributed by atoms with Crippen molar-refractivity contribution in [3.63, 3.8) is 0 Å². The predicted octanol–water partition coefficient (Wildman–Crippen LogP) is 1.68. The van der Waals surface area contributed by atoms with E-state index in [1.165, 1.54) is 6.07 Å². The van der Waals surface area contributed by atoms with E-state index in [9.17, 15) is 14.3 Å². The Bertz CT molecular complexity index is 512. The summed E-state index contributed by atoms with van der Waals surface area (Å²) in [5.41, 5.74) is 4.53. The molecule has 1 aliphatic heterocycles. The summed E-state index contributed by atoms with van der Waals surface area (Å²) in [6.07, 6.45) is 1.21. The number of benzene rings is 1. The zero-order valence-electron chi connectivity index (χ0n) is 11.1. The lowest BCUT2D eigenvalue weighted by Crippen LogP contribution is -2.49. The van der Waals surface area contributed by atoms with Crippen molar-refractivity contribution in [1.82, 2.24) is 4.90 Å². The molecule has 0 saturated carbocycles. The van der Waals surface area contributed by atoms with Crippen molar-refractivity contribution in [3.05, 3.63) is 34.6 Å². The molecule has 0 aromatic heterocycles. The second kappa shape index (κ2) is 6.08. The van der Waals surface area contributed by atoms with Gasteiger partial charge in [-0.3, -0.25) is 9.69 Å². The molecule has 4 nitrogen and oxygen atoms in total. The van der Waals surface area contributed by atoms with Crippen LogP contribution >= 0.6 is 11.6 Å². The molecule has 0 spiro atoms. The van der Waals surface area contributed by atoms with Crippen LogP contribution in [0, 0.1) is 5.82 Å². The lowest BCUT2D eigenvalue weighted by atomic mass is 9.89. The summed E-state index contributed by atoms with van der Waals surface area (Å²) in [5.74, 6) is -0.957. The third-order valence-electron chi connectivity index (χ3n) is 3.56. The Kier molecular flexibility index (Phi) is 4.62. The van der Waals surface area contributed by atoms with Crippen molar-refractivity contribution in [1.29, 1.82) is 0 Å². The first kappa shape index (κ1) is 15.2. The minimum Gasteiger partial charge on any atom is -0.388 e. The van der Waals surface area contributed by atoms with Crippen molar-refractivity contribution >= 4 is 17.5 Å². The maximum absolute atomic E-state index is 13.9. The molecular formula is C14H18ClFN2O2. The van der Waals surface area contributed by atoms with Crippen LogP contribution in [0.3, 0.4) is 0 Å². The summed E-state index contributed by atoms with van der Waals surface area (Å²) >= 11 is 5.75. The molecule has 1 amide bonds. The van der Waals surface area contributed by atoms with E-state index in [0.29, 0.717) is 25.1 Å². The summed E-state index contributed by atoms with van der Waals surface area (Å²) in [6.45, 7) is 1.41. The van der Waals surface area contributed by atoms with Gasteiger partial charge in [0.1, 0.15) is 5.82 Å². The Balaban J connectivity index is 2.06. The molecule has 1 aromatic carbocycles. The normalized spacial score (nSPS) is 23.8. The minimum absolute atomic E-state index is 0.0679. The van der Waals surface area contributed by atoms with Gasteiger partial charge in [0, 0.05) is 18.7 Å². The zero-order valence-corrected chi connectivity index (χ0v) is 11.9. The van der Waals surface area contributed by atoms with Gasteiger partial charge in [-0.05, 0) is 25.5 Å². The lowest BCUT2D eigenvalue weighted by molar-refractivity contribution is -0.125. The second-order valence-electron chi connectivity index (χ2n) is 5.39. The Morgan fingerprint density at radius 1 is 1.55 bits per heavy atom. The molecule has 1 fully saturated rings. The van der Waals surface area contributed by atoms with E-state index in [4.69, 9.17) is 17.3 Å². The molecule has 1 atom stereocenters. The Morgan fingerprint density at radius 3 is 3.00 bits per heavy atom. The molecule has 3 N–H and O–H groups in total. The third-order valence-corrected chi connectivity index (χ3v) is 3.86. The average molecular weight is 301 g/mol. The largest absolute Gasteiger partial charge is 0.388 e. The minimum atomic E-state index is -1.11. The summed E-state index contributed by atoms with van der Waals surface area (Å²) < 4.78 is 13.9. The number of nitrogens with two attached hydrogens (primary N) is 1. The number of primary amides is 1. The number of hydrogen-bond donors (Lipinski definition) is 2. The van der Waals surface area contributed by atoms with Gasteiger partial charge in [0.15, 0.2) is 0 Å². The highest BCUT2D eigenvalue weighted by Gasteiger charge is 2.34. The van der Waals surface area contributed by atoms with Crippen LogP contribution in [0.5, 0.6) is 0 Å². The maximum atomic E-state index is 13.9. The van der Waals surface area contributed by atoms with Gasteiger partial charge in [-0.25, -0.2) is 4.39 Å². The predicted molar refractivity (Wildman–Crippen MR) is 74.7 cm³/mol. The second-order valence-corrected chi connectivity index (χ2v) is 5.80. The fourth-order valence-electron chi connectivity index (χ4n) is 2.72. The van der Waals surface area contributed by atoms with Crippen LogP contribution in [0.25, 0.3) is 0 Å². The van der Waals surface area contributed by atoms with Crippen LogP contribution in [0.15, 0.2) is 18.2 Å². The van der Waals surface area contributed by atoms with Crippen molar-refractivity contribution in [2.24, 2.45) is 5.73 Å².